The highest BCUT2D eigenvalue weighted by molar-refractivity contribution is 7.09. The molecule has 2 heterocycles. The summed E-state index contributed by atoms with van der Waals surface area (Å²) in [5.74, 6) is 0.694. The molecule has 1 aliphatic heterocycles. The molecule has 0 saturated carbocycles. The lowest BCUT2D eigenvalue weighted by molar-refractivity contribution is -0.127. The third kappa shape index (κ3) is 7.31. The van der Waals surface area contributed by atoms with Crippen molar-refractivity contribution in [3.8, 4) is 0 Å². The lowest BCUT2D eigenvalue weighted by Gasteiger charge is -2.33. The standard InChI is InChI=1S/C22H30ClN5OS/c1-27(2)21(29)15-25-22(24-14-20-4-3-13-30-20)26-19-9-11-28(12-10-19)16-17-5-7-18(23)8-6-17/h3-8,13,19H,9-12,14-16H2,1-2H3,(H2,24,25,26). The van der Waals surface area contributed by atoms with E-state index in [0.29, 0.717) is 18.5 Å². The van der Waals surface area contributed by atoms with Crippen LogP contribution in [0.3, 0.4) is 0 Å². The first-order chi connectivity index (χ1) is 14.5. The van der Waals surface area contributed by atoms with Gasteiger partial charge in [-0.3, -0.25) is 9.69 Å². The number of likely N-dealkylation sites (tertiary alicyclic amines) is 1. The van der Waals surface area contributed by atoms with E-state index in [1.54, 1.807) is 30.3 Å². The first-order valence-electron chi connectivity index (χ1n) is 10.2. The second kappa shape index (κ2) is 11.3. The van der Waals surface area contributed by atoms with Gasteiger partial charge in [-0.1, -0.05) is 29.8 Å². The number of piperidine rings is 1. The maximum atomic E-state index is 12.0. The molecule has 0 spiro atoms. The molecule has 1 saturated heterocycles. The minimum absolute atomic E-state index is 0.00925. The van der Waals surface area contributed by atoms with Crippen molar-refractivity contribution >= 4 is 34.8 Å². The van der Waals surface area contributed by atoms with Gasteiger partial charge in [0.15, 0.2) is 5.96 Å². The topological polar surface area (TPSA) is 60.0 Å². The largest absolute Gasteiger partial charge is 0.354 e. The van der Waals surface area contributed by atoms with E-state index in [4.69, 9.17) is 11.6 Å². The Morgan fingerprint density at radius 1 is 1.23 bits per heavy atom. The van der Waals surface area contributed by atoms with Gasteiger partial charge in [0.25, 0.3) is 0 Å². The molecule has 1 aromatic heterocycles. The number of benzene rings is 1. The average molecular weight is 448 g/mol. The van der Waals surface area contributed by atoms with E-state index in [1.165, 1.54) is 10.4 Å². The molecule has 0 aliphatic carbocycles. The van der Waals surface area contributed by atoms with Gasteiger partial charge in [-0.05, 0) is 42.0 Å². The molecule has 0 unspecified atom stereocenters. The van der Waals surface area contributed by atoms with Gasteiger partial charge in [0.05, 0.1) is 6.54 Å². The quantitative estimate of drug-likeness (QED) is 0.505. The van der Waals surface area contributed by atoms with Crippen LogP contribution in [0.1, 0.15) is 23.3 Å². The summed E-state index contributed by atoms with van der Waals surface area (Å²) in [5.41, 5.74) is 1.29. The molecule has 6 nitrogen and oxygen atoms in total. The highest BCUT2D eigenvalue weighted by atomic mass is 35.5. The Morgan fingerprint density at radius 2 is 1.97 bits per heavy atom. The van der Waals surface area contributed by atoms with E-state index in [1.807, 2.05) is 18.2 Å². The predicted octanol–water partition coefficient (Wildman–Crippen LogP) is 3.19. The van der Waals surface area contributed by atoms with E-state index >= 15 is 0 Å². The highest BCUT2D eigenvalue weighted by Crippen LogP contribution is 2.16. The number of thiophene rings is 1. The zero-order valence-electron chi connectivity index (χ0n) is 17.6. The van der Waals surface area contributed by atoms with E-state index < -0.39 is 0 Å². The Hall–Kier alpha value is -2.09. The zero-order valence-corrected chi connectivity index (χ0v) is 19.2. The fraction of sp³-hybridized carbons (Fsp3) is 0.455. The number of aliphatic imine (C=N–C) groups is 1. The number of halogens is 1. The van der Waals surface area contributed by atoms with Gasteiger partial charge < -0.3 is 15.5 Å². The molecule has 8 heteroatoms. The minimum Gasteiger partial charge on any atom is -0.354 e. The summed E-state index contributed by atoms with van der Waals surface area (Å²) in [7, 11) is 3.50. The number of nitrogens with zero attached hydrogens (tertiary/aromatic N) is 3. The maximum absolute atomic E-state index is 12.0. The summed E-state index contributed by atoms with van der Waals surface area (Å²) in [4.78, 5) is 21.7. The van der Waals surface area contributed by atoms with Crippen molar-refractivity contribution in [1.29, 1.82) is 0 Å². The molecule has 0 bridgehead atoms. The lowest BCUT2D eigenvalue weighted by Crippen LogP contribution is -2.48. The fourth-order valence-corrected chi connectivity index (χ4v) is 4.07. The van der Waals surface area contributed by atoms with Crippen molar-refractivity contribution in [3.63, 3.8) is 0 Å². The number of amides is 1. The van der Waals surface area contributed by atoms with E-state index in [-0.39, 0.29) is 12.5 Å². The second-order valence-electron chi connectivity index (χ2n) is 7.71. The van der Waals surface area contributed by atoms with Crippen LogP contribution in [-0.4, -0.2) is 61.4 Å². The Morgan fingerprint density at radius 3 is 2.60 bits per heavy atom. The van der Waals surface area contributed by atoms with Crippen LogP contribution in [0.5, 0.6) is 0 Å². The third-order valence-electron chi connectivity index (χ3n) is 5.13. The summed E-state index contributed by atoms with van der Waals surface area (Å²) in [6.45, 7) is 3.83. The van der Waals surface area contributed by atoms with Crippen LogP contribution in [0, 0.1) is 0 Å². The number of rotatable bonds is 7. The number of carbonyl (C=O) groups is 1. The van der Waals surface area contributed by atoms with Crippen LogP contribution >= 0.6 is 22.9 Å². The monoisotopic (exact) mass is 447 g/mol. The van der Waals surface area contributed by atoms with Crippen LogP contribution in [-0.2, 0) is 17.9 Å². The molecule has 3 rings (SSSR count). The third-order valence-corrected chi connectivity index (χ3v) is 6.26. The van der Waals surface area contributed by atoms with Crippen molar-refractivity contribution in [3.05, 3.63) is 57.2 Å². The first-order valence-corrected chi connectivity index (χ1v) is 11.5. The Bertz CT molecular complexity index is 815. The molecule has 1 aromatic carbocycles. The molecule has 1 fully saturated rings. The molecule has 1 amide bonds. The van der Waals surface area contributed by atoms with Gasteiger partial charge in [0.1, 0.15) is 6.54 Å². The van der Waals surface area contributed by atoms with Crippen LogP contribution in [0.25, 0.3) is 0 Å². The summed E-state index contributed by atoms with van der Waals surface area (Å²) in [6, 6.07) is 12.6. The molecule has 0 atom stereocenters. The second-order valence-corrected chi connectivity index (χ2v) is 9.18. The summed E-state index contributed by atoms with van der Waals surface area (Å²) in [5, 5.41) is 9.74. The van der Waals surface area contributed by atoms with Gasteiger partial charge in [-0.25, -0.2) is 4.99 Å². The van der Waals surface area contributed by atoms with Gasteiger partial charge in [-0.2, -0.15) is 0 Å². The van der Waals surface area contributed by atoms with Gasteiger partial charge in [-0.15, -0.1) is 11.3 Å². The van der Waals surface area contributed by atoms with Gasteiger partial charge in [0.2, 0.25) is 5.91 Å². The average Bonchev–Trinajstić information content (AvgIpc) is 3.26. The van der Waals surface area contributed by atoms with E-state index in [9.17, 15) is 4.79 Å². The number of guanidine groups is 1. The van der Waals surface area contributed by atoms with Crippen LogP contribution in [0.2, 0.25) is 5.02 Å². The van der Waals surface area contributed by atoms with Crippen LogP contribution < -0.4 is 10.6 Å². The van der Waals surface area contributed by atoms with Crippen LogP contribution in [0.15, 0.2) is 46.8 Å². The van der Waals surface area contributed by atoms with Crippen molar-refractivity contribution in [2.24, 2.45) is 4.99 Å². The molecule has 30 heavy (non-hydrogen) atoms. The minimum atomic E-state index is -0.00925. The number of hydrogen-bond acceptors (Lipinski definition) is 4. The number of hydrogen-bond donors (Lipinski definition) is 2. The molecule has 1 aliphatic rings. The Balaban J connectivity index is 1.51. The lowest BCUT2D eigenvalue weighted by atomic mass is 10.0. The normalized spacial score (nSPS) is 15.8. The van der Waals surface area contributed by atoms with Gasteiger partial charge >= 0.3 is 0 Å². The van der Waals surface area contributed by atoms with Crippen molar-refractivity contribution in [2.75, 3.05) is 33.7 Å². The van der Waals surface area contributed by atoms with E-state index in [0.717, 1.165) is 37.5 Å². The van der Waals surface area contributed by atoms with Crippen molar-refractivity contribution in [2.45, 2.75) is 32.0 Å². The first kappa shape index (κ1) is 22.6. The van der Waals surface area contributed by atoms with Gasteiger partial charge in [0, 0.05) is 49.7 Å². The van der Waals surface area contributed by atoms with Crippen molar-refractivity contribution < 1.29 is 4.79 Å². The number of likely N-dealkylation sites (N-methyl/N-ethyl adjacent to an activating group) is 1. The molecular formula is C22H30ClN5OS. The Kier molecular flexibility index (Phi) is 8.54. The fourth-order valence-electron chi connectivity index (χ4n) is 3.30. The SMILES string of the molecule is CN(C)C(=O)CN=C(NCc1cccs1)NC1CCN(Cc2ccc(Cl)cc2)CC1. The molecule has 2 aromatic rings. The Labute approximate surface area is 187 Å². The molecule has 0 radical (unpaired) electrons. The molecule has 162 valence electrons. The van der Waals surface area contributed by atoms with E-state index in [2.05, 4.69) is 44.1 Å². The molecular weight excluding hydrogens is 418 g/mol. The maximum Gasteiger partial charge on any atom is 0.243 e. The summed E-state index contributed by atoms with van der Waals surface area (Å²) >= 11 is 7.69. The van der Waals surface area contributed by atoms with Crippen LogP contribution in [0.4, 0.5) is 0 Å². The zero-order chi connectivity index (χ0) is 21.3. The highest BCUT2D eigenvalue weighted by Gasteiger charge is 2.20. The smallest absolute Gasteiger partial charge is 0.243 e. The molecule has 2 N–H and O–H groups in total. The number of nitrogens with one attached hydrogen (secondary N) is 2. The summed E-state index contributed by atoms with van der Waals surface area (Å²) < 4.78 is 0. The predicted molar refractivity (Wildman–Crippen MR) is 125 cm³/mol. The van der Waals surface area contributed by atoms with Crippen molar-refractivity contribution in [1.82, 2.24) is 20.4 Å². The summed E-state index contributed by atoms with van der Waals surface area (Å²) in [6.07, 6.45) is 2.07. The number of carbonyl (C=O) groups excluding carboxylic acids is 1.